The Labute approximate surface area is 100 Å². The lowest BCUT2D eigenvalue weighted by Gasteiger charge is -2.19. The first-order valence-electron chi connectivity index (χ1n) is 5.63. The Morgan fingerprint density at radius 3 is 2.88 bits per heavy atom. The van der Waals surface area contributed by atoms with Crippen molar-refractivity contribution in [3.05, 3.63) is 23.5 Å². The topological polar surface area (TPSA) is 79.5 Å². The van der Waals surface area contributed by atoms with Gasteiger partial charge in [0.1, 0.15) is 0 Å². The van der Waals surface area contributed by atoms with Gasteiger partial charge in [-0.25, -0.2) is 0 Å². The summed E-state index contributed by atoms with van der Waals surface area (Å²) in [4.78, 5) is 17.9. The lowest BCUT2D eigenvalue weighted by molar-refractivity contribution is 0.0572. The third-order valence-electron chi connectivity index (χ3n) is 3.04. The van der Waals surface area contributed by atoms with Crippen LogP contribution in [0.2, 0.25) is 0 Å². The molecular formula is C12H17N3O2. The molecule has 2 rings (SSSR count). The maximum Gasteiger partial charge on any atom is 0.257 e. The maximum absolute atomic E-state index is 12.2. The third-order valence-corrected chi connectivity index (χ3v) is 3.04. The highest BCUT2D eigenvalue weighted by Crippen LogP contribution is 2.23. The summed E-state index contributed by atoms with van der Waals surface area (Å²) in [6.07, 6.45) is 2.10. The quantitative estimate of drug-likeness (QED) is 0.745. The lowest BCUT2D eigenvalue weighted by atomic mass is 10.1. The number of β-amino-alcohol motifs (C(OH)–C–C–N with tert-alkyl or cyclic N) is 1. The molecule has 1 fully saturated rings. The Bertz CT molecular complexity index is 457. The van der Waals surface area contributed by atoms with E-state index in [0.29, 0.717) is 30.8 Å². The molecule has 0 aliphatic carbocycles. The molecule has 0 spiro atoms. The Morgan fingerprint density at radius 2 is 2.35 bits per heavy atom. The normalized spacial score (nSPS) is 24.1. The second kappa shape index (κ2) is 4.00. The number of anilines is 1. The van der Waals surface area contributed by atoms with E-state index in [1.54, 1.807) is 17.9 Å². The number of hydrogen-bond donors (Lipinski definition) is 2. The zero-order chi connectivity index (χ0) is 12.6. The summed E-state index contributed by atoms with van der Waals surface area (Å²) in [6, 6.07) is 1.68. The summed E-state index contributed by atoms with van der Waals surface area (Å²) >= 11 is 0. The summed E-state index contributed by atoms with van der Waals surface area (Å²) in [5, 5.41) is 9.83. The molecule has 1 saturated heterocycles. The molecule has 0 aromatic carbocycles. The molecule has 1 atom stereocenters. The van der Waals surface area contributed by atoms with E-state index in [0.717, 1.165) is 5.69 Å². The molecule has 92 valence electrons. The van der Waals surface area contributed by atoms with E-state index < -0.39 is 5.60 Å². The minimum absolute atomic E-state index is 0.159. The van der Waals surface area contributed by atoms with E-state index in [1.165, 1.54) is 6.20 Å². The third kappa shape index (κ3) is 2.39. The van der Waals surface area contributed by atoms with Crippen LogP contribution in [0.25, 0.3) is 0 Å². The highest BCUT2D eigenvalue weighted by Gasteiger charge is 2.34. The Hall–Kier alpha value is -1.62. The van der Waals surface area contributed by atoms with Gasteiger partial charge in [-0.2, -0.15) is 0 Å². The van der Waals surface area contributed by atoms with Crippen molar-refractivity contribution in [2.45, 2.75) is 25.9 Å². The number of nitrogens with zero attached hydrogens (tertiary/aromatic N) is 2. The van der Waals surface area contributed by atoms with Crippen LogP contribution in [0.4, 0.5) is 5.69 Å². The number of aromatic nitrogens is 1. The molecule has 5 nitrogen and oxygen atoms in total. The smallest absolute Gasteiger partial charge is 0.257 e. The van der Waals surface area contributed by atoms with E-state index >= 15 is 0 Å². The van der Waals surface area contributed by atoms with Crippen molar-refractivity contribution in [2.75, 3.05) is 18.8 Å². The number of likely N-dealkylation sites (tertiary alicyclic amines) is 1. The second-order valence-corrected chi connectivity index (χ2v) is 4.89. The highest BCUT2D eigenvalue weighted by molar-refractivity contribution is 5.99. The summed E-state index contributed by atoms with van der Waals surface area (Å²) in [7, 11) is 0. The van der Waals surface area contributed by atoms with Crippen LogP contribution in [0, 0.1) is 6.92 Å². The van der Waals surface area contributed by atoms with Gasteiger partial charge in [-0.05, 0) is 26.3 Å². The number of carbonyl (C=O) groups is 1. The van der Waals surface area contributed by atoms with Gasteiger partial charge in [0, 0.05) is 30.7 Å². The molecule has 1 amide bonds. The van der Waals surface area contributed by atoms with Crippen molar-refractivity contribution < 1.29 is 9.90 Å². The summed E-state index contributed by atoms with van der Waals surface area (Å²) in [5.74, 6) is -0.159. The van der Waals surface area contributed by atoms with Crippen molar-refractivity contribution in [1.29, 1.82) is 0 Å². The molecule has 1 unspecified atom stereocenters. The average molecular weight is 235 g/mol. The van der Waals surface area contributed by atoms with Crippen LogP contribution < -0.4 is 5.73 Å². The molecule has 17 heavy (non-hydrogen) atoms. The van der Waals surface area contributed by atoms with Crippen molar-refractivity contribution in [3.63, 3.8) is 0 Å². The largest absolute Gasteiger partial charge is 0.398 e. The molecule has 1 aliphatic heterocycles. The van der Waals surface area contributed by atoms with Gasteiger partial charge in [-0.15, -0.1) is 0 Å². The maximum atomic E-state index is 12.2. The highest BCUT2D eigenvalue weighted by atomic mass is 16.3. The second-order valence-electron chi connectivity index (χ2n) is 4.89. The lowest BCUT2D eigenvalue weighted by Crippen LogP contribution is -2.34. The number of rotatable bonds is 1. The predicted molar refractivity (Wildman–Crippen MR) is 64.5 cm³/mol. The van der Waals surface area contributed by atoms with Crippen molar-refractivity contribution in [3.8, 4) is 0 Å². The molecule has 2 heterocycles. The Kier molecular flexibility index (Phi) is 2.79. The van der Waals surface area contributed by atoms with Gasteiger partial charge < -0.3 is 15.7 Å². The first kappa shape index (κ1) is 11.9. The number of nitrogens with two attached hydrogens (primary N) is 1. The van der Waals surface area contributed by atoms with E-state index in [9.17, 15) is 9.90 Å². The summed E-state index contributed by atoms with van der Waals surface area (Å²) in [6.45, 7) is 4.46. The van der Waals surface area contributed by atoms with Crippen LogP contribution in [-0.2, 0) is 0 Å². The van der Waals surface area contributed by atoms with Crippen molar-refractivity contribution >= 4 is 11.6 Å². The molecule has 1 aromatic rings. The van der Waals surface area contributed by atoms with Crippen LogP contribution in [-0.4, -0.2) is 39.6 Å². The van der Waals surface area contributed by atoms with E-state index in [1.807, 2.05) is 6.92 Å². The van der Waals surface area contributed by atoms with Crippen LogP contribution in [0.3, 0.4) is 0 Å². The minimum atomic E-state index is -0.789. The molecule has 5 heteroatoms. The van der Waals surface area contributed by atoms with Gasteiger partial charge in [0.05, 0.1) is 11.2 Å². The summed E-state index contributed by atoms with van der Waals surface area (Å²) in [5.41, 5.74) is 6.65. The number of pyridine rings is 1. The first-order chi connectivity index (χ1) is 7.89. The first-order valence-corrected chi connectivity index (χ1v) is 5.63. The van der Waals surface area contributed by atoms with E-state index in [4.69, 9.17) is 5.73 Å². The molecule has 3 N–H and O–H groups in total. The summed E-state index contributed by atoms with van der Waals surface area (Å²) < 4.78 is 0. The Balaban J connectivity index is 2.21. The van der Waals surface area contributed by atoms with Crippen molar-refractivity contribution in [2.24, 2.45) is 0 Å². The van der Waals surface area contributed by atoms with Gasteiger partial charge in [-0.3, -0.25) is 9.78 Å². The number of hydrogen-bond acceptors (Lipinski definition) is 4. The fourth-order valence-electron chi connectivity index (χ4n) is 2.05. The molecular weight excluding hydrogens is 218 g/mol. The molecule has 0 bridgehead atoms. The van der Waals surface area contributed by atoms with Crippen LogP contribution in [0.1, 0.15) is 29.4 Å². The average Bonchev–Trinajstić information content (AvgIpc) is 2.58. The predicted octanol–water partition coefficient (Wildman–Crippen LogP) is 0.569. The number of amides is 1. The number of aryl methyl sites for hydroxylation is 1. The van der Waals surface area contributed by atoms with Gasteiger partial charge in [0.2, 0.25) is 0 Å². The zero-order valence-electron chi connectivity index (χ0n) is 10.1. The van der Waals surface area contributed by atoms with E-state index in [-0.39, 0.29) is 5.91 Å². The molecule has 0 saturated carbocycles. The van der Waals surface area contributed by atoms with Gasteiger partial charge >= 0.3 is 0 Å². The van der Waals surface area contributed by atoms with E-state index in [2.05, 4.69) is 4.98 Å². The number of aliphatic hydroxyl groups is 1. The van der Waals surface area contributed by atoms with Gasteiger partial charge in [-0.1, -0.05) is 0 Å². The molecule has 1 aromatic heterocycles. The monoisotopic (exact) mass is 235 g/mol. The van der Waals surface area contributed by atoms with Crippen LogP contribution in [0.5, 0.6) is 0 Å². The fraction of sp³-hybridized carbons (Fsp3) is 0.500. The molecule has 0 radical (unpaired) electrons. The van der Waals surface area contributed by atoms with Gasteiger partial charge in [0.25, 0.3) is 5.91 Å². The van der Waals surface area contributed by atoms with Crippen LogP contribution in [0.15, 0.2) is 12.3 Å². The minimum Gasteiger partial charge on any atom is -0.398 e. The molecule has 1 aliphatic rings. The van der Waals surface area contributed by atoms with Crippen LogP contribution >= 0.6 is 0 Å². The Morgan fingerprint density at radius 1 is 1.65 bits per heavy atom. The van der Waals surface area contributed by atoms with Gasteiger partial charge in [0.15, 0.2) is 0 Å². The number of carbonyl (C=O) groups excluding carboxylic acids is 1. The number of nitrogen functional groups attached to an aromatic ring is 1. The SMILES string of the molecule is Cc1cc(N)c(C(=O)N2CCC(C)(O)C2)cn1. The zero-order valence-corrected chi connectivity index (χ0v) is 10.1. The standard InChI is InChI=1S/C12H17N3O2/c1-8-5-10(13)9(6-14-8)11(16)15-4-3-12(2,17)7-15/h5-6,17H,3-4,7H2,1-2H3,(H2,13,14). The fourth-order valence-corrected chi connectivity index (χ4v) is 2.05. The van der Waals surface area contributed by atoms with Crippen molar-refractivity contribution in [1.82, 2.24) is 9.88 Å².